The fourth-order valence-electron chi connectivity index (χ4n) is 3.05. The first-order valence-electron chi connectivity index (χ1n) is 8.63. The van der Waals surface area contributed by atoms with Crippen molar-refractivity contribution in [3.8, 4) is 17.2 Å². The summed E-state index contributed by atoms with van der Waals surface area (Å²) in [6.45, 7) is 1.82. The van der Waals surface area contributed by atoms with Crippen LogP contribution in [0, 0.1) is 6.92 Å². The third-order valence-electron chi connectivity index (χ3n) is 4.63. The summed E-state index contributed by atoms with van der Waals surface area (Å²) < 4.78 is 12.1. The van der Waals surface area contributed by atoms with E-state index in [1.165, 1.54) is 9.58 Å². The van der Waals surface area contributed by atoms with Gasteiger partial charge in [0.15, 0.2) is 17.2 Å². The fraction of sp³-hybridized carbons (Fsp3) is 0.150. The van der Waals surface area contributed by atoms with Gasteiger partial charge in [-0.2, -0.15) is 5.10 Å². The zero-order valence-corrected chi connectivity index (χ0v) is 16.3. The number of rotatable bonds is 4. The number of carbonyl (C=O) groups excluding carboxylic acids is 1. The average molecular weight is 414 g/mol. The molecule has 0 saturated carbocycles. The van der Waals surface area contributed by atoms with Crippen molar-refractivity contribution in [3.63, 3.8) is 0 Å². The van der Waals surface area contributed by atoms with E-state index in [4.69, 9.17) is 21.1 Å². The lowest BCUT2D eigenvalue weighted by molar-refractivity contribution is 0.0690. The zero-order chi connectivity index (χ0) is 20.7. The second-order valence-electron chi connectivity index (χ2n) is 6.42. The molecule has 8 nitrogen and oxygen atoms in total. The molecule has 2 heterocycles. The Morgan fingerprint density at radius 2 is 1.93 bits per heavy atom. The van der Waals surface area contributed by atoms with Gasteiger partial charge < -0.3 is 19.5 Å². The van der Waals surface area contributed by atoms with Crippen LogP contribution >= 0.6 is 11.6 Å². The lowest BCUT2D eigenvalue weighted by Crippen LogP contribution is -2.26. The lowest BCUT2D eigenvalue weighted by atomic mass is 10.1. The second kappa shape index (κ2) is 7.14. The Labute approximate surface area is 170 Å². The topological polar surface area (TPSA) is 93.9 Å². The van der Waals surface area contributed by atoms with Crippen LogP contribution in [0.5, 0.6) is 11.5 Å². The Balaban J connectivity index is 1.66. The Kier molecular flexibility index (Phi) is 4.63. The highest BCUT2D eigenvalue weighted by Gasteiger charge is 2.21. The van der Waals surface area contributed by atoms with E-state index in [1.807, 2.05) is 0 Å². The quantitative estimate of drug-likeness (QED) is 0.703. The number of aromatic nitrogens is 2. The Hall–Kier alpha value is -3.52. The molecular weight excluding hydrogens is 398 g/mol. The molecule has 4 rings (SSSR count). The van der Waals surface area contributed by atoms with Crippen LogP contribution in [-0.2, 0) is 0 Å². The fourth-order valence-corrected chi connectivity index (χ4v) is 3.25. The van der Waals surface area contributed by atoms with Crippen molar-refractivity contribution in [2.45, 2.75) is 6.92 Å². The number of amides is 1. The average Bonchev–Trinajstić information content (AvgIpc) is 3.31. The Morgan fingerprint density at radius 3 is 2.66 bits per heavy atom. The molecule has 0 bridgehead atoms. The second-order valence-corrected chi connectivity index (χ2v) is 6.79. The van der Waals surface area contributed by atoms with Gasteiger partial charge in [0.05, 0.1) is 16.4 Å². The van der Waals surface area contributed by atoms with E-state index in [9.17, 15) is 14.7 Å². The van der Waals surface area contributed by atoms with E-state index in [0.29, 0.717) is 34.1 Å². The van der Waals surface area contributed by atoms with Gasteiger partial charge in [-0.25, -0.2) is 9.48 Å². The maximum Gasteiger partial charge on any atom is 0.358 e. The molecule has 1 N–H and O–H groups in total. The van der Waals surface area contributed by atoms with E-state index in [1.54, 1.807) is 56.4 Å². The van der Waals surface area contributed by atoms with Crippen molar-refractivity contribution in [1.29, 1.82) is 0 Å². The van der Waals surface area contributed by atoms with Crippen LogP contribution in [-0.4, -0.2) is 40.6 Å². The van der Waals surface area contributed by atoms with E-state index in [-0.39, 0.29) is 23.4 Å². The number of carboxylic acid groups (broad SMARTS) is 1. The summed E-state index contributed by atoms with van der Waals surface area (Å²) >= 11 is 6.08. The number of nitrogens with zero attached hydrogens (tertiary/aromatic N) is 3. The highest BCUT2D eigenvalue weighted by molar-refractivity contribution is 6.33. The molecule has 1 aliphatic rings. The number of benzene rings is 2. The number of fused-ring (bicyclic) bond motifs is 1. The van der Waals surface area contributed by atoms with E-state index in [2.05, 4.69) is 5.10 Å². The smallest absolute Gasteiger partial charge is 0.358 e. The first-order valence-corrected chi connectivity index (χ1v) is 9.01. The van der Waals surface area contributed by atoms with Gasteiger partial charge in [0, 0.05) is 24.4 Å². The number of hydrogen-bond acceptors (Lipinski definition) is 5. The van der Waals surface area contributed by atoms with Gasteiger partial charge in [0.1, 0.15) is 0 Å². The molecule has 0 spiro atoms. The first-order chi connectivity index (χ1) is 13.9. The van der Waals surface area contributed by atoms with Crippen molar-refractivity contribution in [1.82, 2.24) is 9.78 Å². The van der Waals surface area contributed by atoms with E-state index >= 15 is 0 Å². The monoisotopic (exact) mass is 413 g/mol. The minimum absolute atomic E-state index is 0.0618. The molecule has 0 saturated heterocycles. The highest BCUT2D eigenvalue weighted by atomic mass is 35.5. The molecule has 9 heteroatoms. The first kappa shape index (κ1) is 18.8. The van der Waals surface area contributed by atoms with Gasteiger partial charge >= 0.3 is 5.97 Å². The molecule has 0 atom stereocenters. The van der Waals surface area contributed by atoms with Gasteiger partial charge in [-0.05, 0) is 37.3 Å². The van der Waals surface area contributed by atoms with Gasteiger partial charge in [0.25, 0.3) is 5.91 Å². The molecule has 1 amide bonds. The van der Waals surface area contributed by atoms with Crippen LogP contribution < -0.4 is 14.4 Å². The van der Waals surface area contributed by atoms with Crippen LogP contribution in [0.2, 0.25) is 5.02 Å². The third kappa shape index (κ3) is 3.27. The van der Waals surface area contributed by atoms with Crippen LogP contribution in [0.25, 0.3) is 5.69 Å². The molecule has 2 aromatic carbocycles. The number of carboxylic acids is 1. The molecule has 0 radical (unpaired) electrons. The minimum atomic E-state index is -1.22. The van der Waals surface area contributed by atoms with Crippen molar-refractivity contribution in [3.05, 3.63) is 64.4 Å². The number of carbonyl (C=O) groups is 2. The molecule has 148 valence electrons. The molecular formula is C20H16ClN3O5. The Morgan fingerprint density at radius 1 is 1.17 bits per heavy atom. The van der Waals surface area contributed by atoms with Crippen LogP contribution in [0.4, 0.5) is 5.69 Å². The summed E-state index contributed by atoms with van der Waals surface area (Å²) in [4.78, 5) is 25.8. The summed E-state index contributed by atoms with van der Waals surface area (Å²) in [6, 6.07) is 12.0. The van der Waals surface area contributed by atoms with Crippen molar-refractivity contribution < 1.29 is 24.2 Å². The summed E-state index contributed by atoms with van der Waals surface area (Å²) in [7, 11) is 1.66. The van der Waals surface area contributed by atoms with Crippen LogP contribution in [0.15, 0.2) is 42.5 Å². The predicted octanol–water partition coefficient (Wildman–Crippen LogP) is 3.54. The Bertz CT molecular complexity index is 1140. The minimum Gasteiger partial charge on any atom is -0.476 e. The molecule has 29 heavy (non-hydrogen) atoms. The van der Waals surface area contributed by atoms with Crippen LogP contribution in [0.3, 0.4) is 0 Å². The summed E-state index contributed by atoms with van der Waals surface area (Å²) in [5.41, 5.74) is 1.82. The molecule has 0 unspecified atom stereocenters. The van der Waals surface area contributed by atoms with Crippen molar-refractivity contribution in [2.75, 3.05) is 18.7 Å². The van der Waals surface area contributed by atoms with Crippen molar-refractivity contribution in [2.24, 2.45) is 0 Å². The van der Waals surface area contributed by atoms with E-state index in [0.717, 1.165) is 0 Å². The maximum atomic E-state index is 13.0. The number of hydrogen-bond donors (Lipinski definition) is 1. The van der Waals surface area contributed by atoms with Gasteiger partial charge in [0.2, 0.25) is 6.79 Å². The number of anilines is 1. The number of ether oxygens (including phenoxy) is 2. The molecule has 0 fully saturated rings. The van der Waals surface area contributed by atoms with Crippen LogP contribution in [0.1, 0.15) is 26.5 Å². The molecule has 1 aliphatic heterocycles. The molecule has 1 aromatic heterocycles. The normalized spacial score (nSPS) is 12.1. The van der Waals surface area contributed by atoms with Crippen molar-refractivity contribution >= 4 is 29.2 Å². The van der Waals surface area contributed by atoms with Gasteiger partial charge in [-0.15, -0.1) is 0 Å². The number of aromatic carboxylic acids is 1. The summed E-state index contributed by atoms with van der Waals surface area (Å²) in [5.74, 6) is -0.248. The maximum absolute atomic E-state index is 13.0. The van der Waals surface area contributed by atoms with Gasteiger partial charge in [-0.3, -0.25) is 4.79 Å². The zero-order valence-electron chi connectivity index (χ0n) is 15.5. The summed E-state index contributed by atoms with van der Waals surface area (Å²) in [5, 5.41) is 13.3. The predicted molar refractivity (Wildman–Crippen MR) is 106 cm³/mol. The third-order valence-corrected chi connectivity index (χ3v) is 5.08. The highest BCUT2D eigenvalue weighted by Crippen LogP contribution is 2.35. The standard InChI is InChI=1S/C20H16ClN3O5/c1-11-17(21)18(20(26)27)22-24(11)14-5-3-4-12(8-14)19(25)23(2)13-6-7-15-16(9-13)29-10-28-15/h3-9H,10H2,1-2H3,(H,26,27). The van der Waals surface area contributed by atoms with Gasteiger partial charge in [-0.1, -0.05) is 17.7 Å². The lowest BCUT2D eigenvalue weighted by Gasteiger charge is -2.18. The SMILES string of the molecule is Cc1c(Cl)c(C(=O)O)nn1-c1cccc(C(=O)N(C)c2ccc3c(c2)OCO3)c1. The molecule has 3 aromatic rings. The summed E-state index contributed by atoms with van der Waals surface area (Å²) in [6.07, 6.45) is 0. The van der Waals surface area contributed by atoms with E-state index < -0.39 is 5.97 Å². The number of halogens is 1. The molecule has 0 aliphatic carbocycles. The largest absolute Gasteiger partial charge is 0.476 e.